The fraction of sp³-hybridized carbons (Fsp3) is 0. The summed E-state index contributed by atoms with van der Waals surface area (Å²) in [4.78, 5) is 15.0. The van der Waals surface area contributed by atoms with E-state index in [1.54, 1.807) is 12.1 Å². The molecular formula is C12H6ClN5O2. The summed E-state index contributed by atoms with van der Waals surface area (Å²) >= 11 is 6.01. The second kappa shape index (κ2) is 4.92. The van der Waals surface area contributed by atoms with Gasteiger partial charge in [0.2, 0.25) is 0 Å². The Morgan fingerprint density at radius 2 is 2.10 bits per heavy atom. The highest BCUT2D eigenvalue weighted by atomic mass is 35.5. The van der Waals surface area contributed by atoms with E-state index in [0.29, 0.717) is 0 Å². The van der Waals surface area contributed by atoms with Gasteiger partial charge >= 0.3 is 5.97 Å². The summed E-state index contributed by atoms with van der Waals surface area (Å²) in [5.74, 6) is -1.26. The Hall–Kier alpha value is -3.03. The molecule has 7 nitrogen and oxygen atoms in total. The van der Waals surface area contributed by atoms with Gasteiger partial charge < -0.3 is 10.8 Å². The number of imidazole rings is 1. The molecule has 1 heterocycles. The van der Waals surface area contributed by atoms with Gasteiger partial charge in [-0.2, -0.15) is 10.5 Å². The predicted molar refractivity (Wildman–Crippen MR) is 69.4 cm³/mol. The summed E-state index contributed by atoms with van der Waals surface area (Å²) in [7, 11) is 0. The molecule has 0 saturated carbocycles. The maximum atomic E-state index is 11.3. The maximum Gasteiger partial charge on any atom is 0.337 e. The Balaban J connectivity index is 2.84. The Morgan fingerprint density at radius 1 is 1.40 bits per heavy atom. The summed E-state index contributed by atoms with van der Waals surface area (Å²) in [6, 6.07) is 6.12. The van der Waals surface area contributed by atoms with Crippen LogP contribution in [0.2, 0.25) is 5.02 Å². The smallest absolute Gasteiger partial charge is 0.337 e. The highest BCUT2D eigenvalue weighted by molar-refractivity contribution is 6.33. The van der Waals surface area contributed by atoms with Crippen molar-refractivity contribution in [3.63, 3.8) is 0 Å². The number of hydrogen-bond donors (Lipinski definition) is 2. The number of nitrogens with zero attached hydrogens (tertiary/aromatic N) is 4. The Labute approximate surface area is 118 Å². The standard InChI is InChI=1S/C12H6ClN5O2/c13-8-2-6(16)1-7(12(19)20)11(8)18-5-17-9(3-14)10(18)4-15/h1-2,5H,16H2,(H,19,20). The average Bonchev–Trinajstić information content (AvgIpc) is 2.80. The molecule has 3 N–H and O–H groups in total. The molecule has 98 valence electrons. The number of carboxylic acids is 1. The molecule has 0 radical (unpaired) electrons. The summed E-state index contributed by atoms with van der Waals surface area (Å²) in [6.45, 7) is 0. The van der Waals surface area contributed by atoms with E-state index in [1.165, 1.54) is 18.5 Å². The molecule has 0 aliphatic rings. The number of carbonyl (C=O) groups is 1. The lowest BCUT2D eigenvalue weighted by molar-refractivity contribution is 0.0697. The van der Waals surface area contributed by atoms with Gasteiger partial charge in [-0.05, 0) is 12.1 Å². The van der Waals surface area contributed by atoms with Gasteiger partial charge in [0.1, 0.15) is 18.5 Å². The number of carboxylic acid groups (broad SMARTS) is 1. The fourth-order valence-corrected chi connectivity index (χ4v) is 2.05. The number of rotatable bonds is 2. The van der Waals surface area contributed by atoms with Crippen molar-refractivity contribution in [3.05, 3.63) is 40.4 Å². The average molecular weight is 288 g/mol. The Bertz CT molecular complexity index is 797. The molecule has 2 rings (SSSR count). The van der Waals surface area contributed by atoms with Crippen molar-refractivity contribution in [1.82, 2.24) is 9.55 Å². The molecule has 0 atom stereocenters. The van der Waals surface area contributed by atoms with Crippen molar-refractivity contribution in [2.24, 2.45) is 0 Å². The number of aromatic carboxylic acids is 1. The first-order valence-electron chi connectivity index (χ1n) is 5.19. The van der Waals surface area contributed by atoms with Crippen LogP contribution in [-0.4, -0.2) is 20.6 Å². The molecule has 0 amide bonds. The van der Waals surface area contributed by atoms with Crippen LogP contribution < -0.4 is 5.73 Å². The van der Waals surface area contributed by atoms with Crippen molar-refractivity contribution < 1.29 is 9.90 Å². The highest BCUT2D eigenvalue weighted by Gasteiger charge is 2.20. The fourth-order valence-electron chi connectivity index (χ4n) is 1.73. The van der Waals surface area contributed by atoms with E-state index in [-0.39, 0.29) is 33.3 Å². The molecule has 1 aromatic carbocycles. The minimum absolute atomic E-state index is 0.0407. The maximum absolute atomic E-state index is 11.3. The largest absolute Gasteiger partial charge is 0.478 e. The molecule has 0 spiro atoms. The zero-order valence-corrected chi connectivity index (χ0v) is 10.6. The first-order chi connectivity index (χ1) is 9.49. The lowest BCUT2D eigenvalue weighted by Crippen LogP contribution is -2.08. The van der Waals surface area contributed by atoms with Crippen molar-refractivity contribution in [2.45, 2.75) is 0 Å². The number of nitrogens with two attached hydrogens (primary N) is 1. The summed E-state index contributed by atoms with van der Waals surface area (Å²) in [5.41, 5.74) is 5.38. The van der Waals surface area contributed by atoms with Crippen molar-refractivity contribution >= 4 is 23.3 Å². The van der Waals surface area contributed by atoms with Crippen LogP contribution in [0.25, 0.3) is 5.69 Å². The zero-order chi connectivity index (χ0) is 14.9. The molecule has 0 bridgehead atoms. The summed E-state index contributed by atoms with van der Waals surface area (Å²) in [6.07, 6.45) is 1.17. The molecule has 0 aliphatic carbocycles. The van der Waals surface area contributed by atoms with Crippen LogP contribution in [0.5, 0.6) is 0 Å². The molecule has 8 heteroatoms. The van der Waals surface area contributed by atoms with E-state index in [2.05, 4.69) is 4.98 Å². The number of nitriles is 2. The number of halogens is 1. The van der Waals surface area contributed by atoms with Gasteiger partial charge in [0.25, 0.3) is 0 Å². The quantitative estimate of drug-likeness (QED) is 0.806. The van der Waals surface area contributed by atoms with Gasteiger partial charge in [0.15, 0.2) is 11.4 Å². The number of benzene rings is 1. The van der Waals surface area contributed by atoms with Crippen LogP contribution in [0.1, 0.15) is 21.7 Å². The minimum atomic E-state index is -1.26. The van der Waals surface area contributed by atoms with Crippen molar-refractivity contribution in [3.8, 4) is 17.8 Å². The van der Waals surface area contributed by atoms with Crippen LogP contribution >= 0.6 is 11.6 Å². The van der Waals surface area contributed by atoms with Crippen LogP contribution in [0.4, 0.5) is 5.69 Å². The number of aromatic nitrogens is 2. The number of anilines is 1. The number of nitrogen functional groups attached to an aromatic ring is 1. The summed E-state index contributed by atoms with van der Waals surface area (Å²) < 4.78 is 1.16. The molecule has 0 aliphatic heterocycles. The summed E-state index contributed by atoms with van der Waals surface area (Å²) in [5, 5.41) is 27.2. The van der Waals surface area contributed by atoms with Gasteiger partial charge in [-0.15, -0.1) is 0 Å². The van der Waals surface area contributed by atoms with Gasteiger partial charge in [0.05, 0.1) is 16.3 Å². The van der Waals surface area contributed by atoms with E-state index in [1.807, 2.05) is 0 Å². The second-order valence-electron chi connectivity index (χ2n) is 3.74. The van der Waals surface area contributed by atoms with E-state index >= 15 is 0 Å². The van der Waals surface area contributed by atoms with Crippen LogP contribution in [0.3, 0.4) is 0 Å². The third-order valence-corrected chi connectivity index (χ3v) is 2.82. The molecule has 20 heavy (non-hydrogen) atoms. The predicted octanol–water partition coefficient (Wildman–Crippen LogP) is 1.55. The molecule has 0 saturated heterocycles. The molecule has 0 fully saturated rings. The van der Waals surface area contributed by atoms with E-state index in [4.69, 9.17) is 27.9 Å². The third-order valence-electron chi connectivity index (χ3n) is 2.54. The van der Waals surface area contributed by atoms with Crippen LogP contribution in [-0.2, 0) is 0 Å². The monoisotopic (exact) mass is 287 g/mol. The Morgan fingerprint density at radius 3 is 2.65 bits per heavy atom. The van der Waals surface area contributed by atoms with E-state index in [0.717, 1.165) is 4.57 Å². The van der Waals surface area contributed by atoms with Gasteiger partial charge in [-0.3, -0.25) is 4.57 Å². The van der Waals surface area contributed by atoms with Crippen molar-refractivity contribution in [2.75, 3.05) is 5.73 Å². The normalized spacial score (nSPS) is 9.75. The van der Waals surface area contributed by atoms with Crippen LogP contribution in [0.15, 0.2) is 18.5 Å². The first kappa shape index (κ1) is 13.4. The number of hydrogen-bond acceptors (Lipinski definition) is 5. The van der Waals surface area contributed by atoms with Gasteiger partial charge in [-0.1, -0.05) is 11.6 Å². The second-order valence-corrected chi connectivity index (χ2v) is 4.15. The van der Waals surface area contributed by atoms with Crippen molar-refractivity contribution in [1.29, 1.82) is 10.5 Å². The zero-order valence-electron chi connectivity index (χ0n) is 9.83. The lowest BCUT2D eigenvalue weighted by Gasteiger charge is -2.11. The molecular weight excluding hydrogens is 282 g/mol. The highest BCUT2D eigenvalue weighted by Crippen LogP contribution is 2.29. The third kappa shape index (κ3) is 2.03. The minimum Gasteiger partial charge on any atom is -0.478 e. The van der Waals surface area contributed by atoms with Gasteiger partial charge in [0, 0.05) is 5.69 Å². The van der Waals surface area contributed by atoms with E-state index < -0.39 is 5.97 Å². The molecule has 0 unspecified atom stereocenters. The SMILES string of the molecule is N#Cc1ncn(-c2c(Cl)cc(N)cc2C(=O)O)c1C#N. The topological polar surface area (TPSA) is 129 Å². The molecule has 2 aromatic rings. The lowest BCUT2D eigenvalue weighted by atomic mass is 10.1. The van der Waals surface area contributed by atoms with E-state index in [9.17, 15) is 9.90 Å². The Kier molecular flexibility index (Phi) is 3.30. The van der Waals surface area contributed by atoms with Gasteiger partial charge in [-0.25, -0.2) is 9.78 Å². The first-order valence-corrected chi connectivity index (χ1v) is 5.57. The molecule has 1 aromatic heterocycles. The van der Waals surface area contributed by atoms with Crippen LogP contribution in [0, 0.1) is 22.7 Å².